The molecule has 0 fully saturated rings. The first-order chi connectivity index (χ1) is 16.6. The van der Waals surface area contributed by atoms with Gasteiger partial charge in [0.05, 0.1) is 0 Å². The minimum absolute atomic E-state index is 1.14. The zero-order valence-corrected chi connectivity index (χ0v) is 20.0. The van der Waals surface area contributed by atoms with E-state index in [4.69, 9.17) is 0 Å². The molecule has 5 aromatic rings. The molecule has 0 saturated carbocycles. The van der Waals surface area contributed by atoms with Gasteiger partial charge in [-0.05, 0) is 79.4 Å². The molecule has 5 rings (SSSR count). The fourth-order valence-corrected chi connectivity index (χ4v) is 4.24. The van der Waals surface area contributed by atoms with E-state index in [2.05, 4.69) is 147 Å². The summed E-state index contributed by atoms with van der Waals surface area (Å²) in [5.41, 5.74) is 12.2. The standard InChI is InChI=1S/C33H29N/c1-24-4-10-27(11-5-24)29-14-20-32(21-15-29)34(31-18-8-26(3)9-19-31)33-22-16-30(17-23-33)28-12-6-25(2)7-13-28/h4-23H,1-3H3. The van der Waals surface area contributed by atoms with Crippen molar-refractivity contribution in [1.82, 2.24) is 0 Å². The third-order valence-corrected chi connectivity index (χ3v) is 6.31. The van der Waals surface area contributed by atoms with E-state index in [0.717, 1.165) is 17.1 Å². The first kappa shape index (κ1) is 21.7. The van der Waals surface area contributed by atoms with Gasteiger partial charge < -0.3 is 4.90 Å². The summed E-state index contributed by atoms with van der Waals surface area (Å²) in [7, 11) is 0. The molecule has 0 aromatic heterocycles. The van der Waals surface area contributed by atoms with Crippen LogP contribution in [0.3, 0.4) is 0 Å². The first-order valence-corrected chi connectivity index (χ1v) is 11.8. The fraction of sp³-hybridized carbons (Fsp3) is 0.0909. The van der Waals surface area contributed by atoms with Gasteiger partial charge in [-0.1, -0.05) is 102 Å². The van der Waals surface area contributed by atoms with E-state index in [1.165, 1.54) is 38.9 Å². The van der Waals surface area contributed by atoms with Crippen LogP contribution in [0.2, 0.25) is 0 Å². The summed E-state index contributed by atoms with van der Waals surface area (Å²) in [5.74, 6) is 0. The van der Waals surface area contributed by atoms with Gasteiger partial charge in [0, 0.05) is 17.1 Å². The van der Waals surface area contributed by atoms with E-state index in [-0.39, 0.29) is 0 Å². The van der Waals surface area contributed by atoms with Gasteiger partial charge in [0.2, 0.25) is 0 Å². The summed E-state index contributed by atoms with van der Waals surface area (Å²) in [6.45, 7) is 6.37. The molecule has 0 bridgehead atoms. The number of nitrogens with zero attached hydrogens (tertiary/aromatic N) is 1. The predicted octanol–water partition coefficient (Wildman–Crippen LogP) is 9.42. The van der Waals surface area contributed by atoms with Crippen molar-refractivity contribution in [2.24, 2.45) is 0 Å². The highest BCUT2D eigenvalue weighted by Gasteiger charge is 2.13. The lowest BCUT2D eigenvalue weighted by Gasteiger charge is -2.26. The maximum Gasteiger partial charge on any atom is 0.0462 e. The van der Waals surface area contributed by atoms with Gasteiger partial charge in [0.15, 0.2) is 0 Å². The first-order valence-electron chi connectivity index (χ1n) is 11.8. The summed E-state index contributed by atoms with van der Waals surface area (Å²) in [5, 5.41) is 0. The summed E-state index contributed by atoms with van der Waals surface area (Å²) in [6.07, 6.45) is 0. The van der Waals surface area contributed by atoms with E-state index >= 15 is 0 Å². The number of benzene rings is 5. The van der Waals surface area contributed by atoms with Crippen LogP contribution < -0.4 is 4.90 Å². The third-order valence-electron chi connectivity index (χ3n) is 6.31. The molecule has 0 unspecified atom stereocenters. The second kappa shape index (κ2) is 9.41. The molecule has 0 aliphatic rings. The van der Waals surface area contributed by atoms with Crippen molar-refractivity contribution < 1.29 is 0 Å². The zero-order valence-electron chi connectivity index (χ0n) is 20.0. The topological polar surface area (TPSA) is 3.24 Å². The Labute approximate surface area is 203 Å². The van der Waals surface area contributed by atoms with Gasteiger partial charge in [0.1, 0.15) is 0 Å². The largest absolute Gasteiger partial charge is 0.311 e. The van der Waals surface area contributed by atoms with E-state index in [0.29, 0.717) is 0 Å². The van der Waals surface area contributed by atoms with Crippen LogP contribution in [-0.2, 0) is 0 Å². The Balaban J connectivity index is 1.51. The average Bonchev–Trinajstić information content (AvgIpc) is 2.87. The molecule has 0 spiro atoms. The summed E-state index contributed by atoms with van der Waals surface area (Å²) >= 11 is 0. The van der Waals surface area contributed by atoms with Gasteiger partial charge in [-0.3, -0.25) is 0 Å². The minimum Gasteiger partial charge on any atom is -0.311 e. The Hall–Kier alpha value is -4.10. The summed E-state index contributed by atoms with van der Waals surface area (Å²) < 4.78 is 0. The highest BCUT2D eigenvalue weighted by molar-refractivity contribution is 5.79. The van der Waals surface area contributed by atoms with Crippen molar-refractivity contribution in [1.29, 1.82) is 0 Å². The Morgan fingerprint density at radius 1 is 0.294 bits per heavy atom. The van der Waals surface area contributed by atoms with Crippen molar-refractivity contribution in [3.05, 3.63) is 138 Å². The maximum absolute atomic E-state index is 2.32. The van der Waals surface area contributed by atoms with E-state index in [9.17, 15) is 0 Å². The lowest BCUT2D eigenvalue weighted by atomic mass is 10.0. The summed E-state index contributed by atoms with van der Waals surface area (Å²) in [4.78, 5) is 2.32. The van der Waals surface area contributed by atoms with Crippen LogP contribution in [0.4, 0.5) is 17.1 Å². The Morgan fingerprint density at radius 2 is 0.500 bits per heavy atom. The Kier molecular flexibility index (Phi) is 6.01. The van der Waals surface area contributed by atoms with Crippen LogP contribution >= 0.6 is 0 Å². The number of hydrogen-bond donors (Lipinski definition) is 0. The molecule has 0 amide bonds. The van der Waals surface area contributed by atoms with Crippen LogP contribution in [0, 0.1) is 20.8 Å². The normalized spacial score (nSPS) is 10.8. The molecule has 5 aromatic carbocycles. The van der Waals surface area contributed by atoms with Crippen molar-refractivity contribution in [2.75, 3.05) is 4.90 Å². The van der Waals surface area contributed by atoms with E-state index < -0.39 is 0 Å². The van der Waals surface area contributed by atoms with Gasteiger partial charge in [-0.2, -0.15) is 0 Å². The Morgan fingerprint density at radius 3 is 0.794 bits per heavy atom. The molecule has 0 saturated heterocycles. The van der Waals surface area contributed by atoms with Crippen molar-refractivity contribution >= 4 is 17.1 Å². The van der Waals surface area contributed by atoms with Gasteiger partial charge in [-0.25, -0.2) is 0 Å². The van der Waals surface area contributed by atoms with Crippen LogP contribution in [-0.4, -0.2) is 0 Å². The molecular weight excluding hydrogens is 410 g/mol. The highest BCUT2D eigenvalue weighted by Crippen LogP contribution is 2.36. The second-order valence-electron chi connectivity index (χ2n) is 9.00. The number of anilines is 3. The average molecular weight is 440 g/mol. The minimum atomic E-state index is 1.14. The van der Waals surface area contributed by atoms with Crippen LogP contribution in [0.25, 0.3) is 22.3 Å². The van der Waals surface area contributed by atoms with Gasteiger partial charge in [0.25, 0.3) is 0 Å². The van der Waals surface area contributed by atoms with Crippen molar-refractivity contribution in [2.45, 2.75) is 20.8 Å². The molecule has 0 aliphatic heterocycles. The molecule has 34 heavy (non-hydrogen) atoms. The maximum atomic E-state index is 2.32. The third kappa shape index (κ3) is 4.65. The van der Waals surface area contributed by atoms with Crippen molar-refractivity contribution in [3.63, 3.8) is 0 Å². The zero-order chi connectivity index (χ0) is 23.5. The van der Waals surface area contributed by atoms with Crippen LogP contribution in [0.1, 0.15) is 16.7 Å². The van der Waals surface area contributed by atoms with Gasteiger partial charge >= 0.3 is 0 Å². The molecule has 0 N–H and O–H groups in total. The fourth-order valence-electron chi connectivity index (χ4n) is 4.24. The molecule has 0 aliphatic carbocycles. The quantitative estimate of drug-likeness (QED) is 0.263. The number of hydrogen-bond acceptors (Lipinski definition) is 1. The van der Waals surface area contributed by atoms with E-state index in [1.807, 2.05) is 0 Å². The monoisotopic (exact) mass is 439 g/mol. The molecule has 0 atom stereocenters. The molecule has 1 heteroatoms. The lowest BCUT2D eigenvalue weighted by molar-refractivity contribution is 1.27. The predicted molar refractivity (Wildman–Crippen MR) is 146 cm³/mol. The summed E-state index contributed by atoms with van der Waals surface area (Å²) in [6, 6.07) is 43.8. The number of aryl methyl sites for hydroxylation is 3. The van der Waals surface area contributed by atoms with Crippen LogP contribution in [0.5, 0.6) is 0 Å². The van der Waals surface area contributed by atoms with Gasteiger partial charge in [-0.15, -0.1) is 0 Å². The second-order valence-corrected chi connectivity index (χ2v) is 9.00. The Bertz CT molecular complexity index is 1270. The molecule has 0 heterocycles. The lowest BCUT2D eigenvalue weighted by Crippen LogP contribution is -2.09. The van der Waals surface area contributed by atoms with E-state index in [1.54, 1.807) is 0 Å². The molecular formula is C33H29N. The molecule has 166 valence electrons. The highest BCUT2D eigenvalue weighted by atomic mass is 15.1. The smallest absolute Gasteiger partial charge is 0.0462 e. The molecule has 0 radical (unpaired) electrons. The van der Waals surface area contributed by atoms with Crippen molar-refractivity contribution in [3.8, 4) is 22.3 Å². The SMILES string of the molecule is Cc1ccc(-c2ccc(N(c3ccc(C)cc3)c3ccc(-c4ccc(C)cc4)cc3)cc2)cc1. The number of rotatable bonds is 5. The molecule has 1 nitrogen and oxygen atoms in total. The van der Waals surface area contributed by atoms with Crippen LogP contribution in [0.15, 0.2) is 121 Å².